The molecule has 0 radical (unpaired) electrons. The number of anilines is 1. The van der Waals surface area contributed by atoms with E-state index in [1.165, 1.54) is 11.8 Å². The second-order valence-electron chi connectivity index (χ2n) is 7.51. The number of nitrogens with one attached hydrogen (secondary N) is 1. The summed E-state index contributed by atoms with van der Waals surface area (Å²) in [4.78, 5) is 35.1. The van der Waals surface area contributed by atoms with E-state index >= 15 is 0 Å². The van der Waals surface area contributed by atoms with Crippen molar-refractivity contribution in [3.8, 4) is 5.69 Å². The fourth-order valence-electron chi connectivity index (χ4n) is 3.33. The van der Waals surface area contributed by atoms with E-state index in [1.54, 1.807) is 48.0 Å². The first kappa shape index (κ1) is 23.3. The van der Waals surface area contributed by atoms with E-state index in [-0.39, 0.29) is 16.6 Å². The number of aromatic nitrogens is 3. The average Bonchev–Trinajstić information content (AvgIpc) is 2.77. The van der Waals surface area contributed by atoms with E-state index in [1.807, 2.05) is 32.0 Å². The highest BCUT2D eigenvalue weighted by molar-refractivity contribution is 8.00. The molecule has 0 spiro atoms. The highest BCUT2D eigenvalue weighted by Gasteiger charge is 2.22. The highest BCUT2D eigenvalue weighted by Crippen LogP contribution is 2.29. The third kappa shape index (κ3) is 4.76. The van der Waals surface area contributed by atoms with Gasteiger partial charge in [-0.2, -0.15) is 0 Å². The summed E-state index contributed by atoms with van der Waals surface area (Å²) in [7, 11) is 0. The van der Waals surface area contributed by atoms with Crippen LogP contribution >= 0.6 is 35.0 Å². The molecule has 1 N–H and O–H groups in total. The number of thioether (sulfide) groups is 1. The minimum absolute atomic E-state index is 0.203. The average molecular weight is 499 g/mol. The molecule has 2 aromatic heterocycles. The Kier molecular flexibility index (Phi) is 6.74. The fraction of sp³-hybridized carbons (Fsp3) is 0.167. The third-order valence-corrected chi connectivity index (χ3v) is 6.87. The topological polar surface area (TPSA) is 76.9 Å². The number of aryl methyl sites for hydroxylation is 1. The molecular formula is C24H20Cl2N4O2S. The van der Waals surface area contributed by atoms with E-state index in [4.69, 9.17) is 28.2 Å². The van der Waals surface area contributed by atoms with Crippen LogP contribution in [0.1, 0.15) is 18.1 Å². The number of carbonyl (C=O) groups is 1. The summed E-state index contributed by atoms with van der Waals surface area (Å²) >= 11 is 13.4. The number of pyridine rings is 1. The van der Waals surface area contributed by atoms with Crippen molar-refractivity contribution < 1.29 is 4.79 Å². The lowest BCUT2D eigenvalue weighted by Gasteiger charge is -2.18. The van der Waals surface area contributed by atoms with Crippen LogP contribution < -0.4 is 10.9 Å². The van der Waals surface area contributed by atoms with Crippen molar-refractivity contribution in [3.63, 3.8) is 0 Å². The van der Waals surface area contributed by atoms with Crippen LogP contribution in [0.5, 0.6) is 0 Å². The SMILES string of the molecule is Cc1cccc(-n2c(SC(C)C(=O)Nc3cccnc3Cl)nc3cc(Cl)ccc3c2=O)c1C. The molecular weight excluding hydrogens is 479 g/mol. The van der Waals surface area contributed by atoms with E-state index in [0.717, 1.165) is 16.8 Å². The summed E-state index contributed by atoms with van der Waals surface area (Å²) in [6.45, 7) is 5.68. The zero-order chi connectivity index (χ0) is 23.7. The lowest BCUT2D eigenvalue weighted by atomic mass is 10.1. The van der Waals surface area contributed by atoms with Gasteiger partial charge >= 0.3 is 0 Å². The molecule has 33 heavy (non-hydrogen) atoms. The summed E-state index contributed by atoms with van der Waals surface area (Å²) in [6.07, 6.45) is 1.54. The number of rotatable bonds is 5. The molecule has 2 heterocycles. The van der Waals surface area contributed by atoms with Crippen molar-refractivity contribution in [2.45, 2.75) is 31.2 Å². The molecule has 4 rings (SSSR count). The van der Waals surface area contributed by atoms with Crippen LogP contribution in [0.4, 0.5) is 5.69 Å². The Morgan fingerprint density at radius 1 is 1.12 bits per heavy atom. The largest absolute Gasteiger partial charge is 0.322 e. The smallest absolute Gasteiger partial charge is 0.266 e. The quantitative estimate of drug-likeness (QED) is 0.213. The zero-order valence-electron chi connectivity index (χ0n) is 18.1. The maximum Gasteiger partial charge on any atom is 0.266 e. The van der Waals surface area contributed by atoms with Crippen molar-refractivity contribution in [1.82, 2.24) is 14.5 Å². The minimum atomic E-state index is -0.582. The van der Waals surface area contributed by atoms with Gasteiger partial charge < -0.3 is 5.32 Å². The molecule has 6 nitrogen and oxygen atoms in total. The van der Waals surface area contributed by atoms with Gasteiger partial charge in [-0.3, -0.25) is 14.2 Å². The molecule has 0 aliphatic carbocycles. The number of benzene rings is 2. The number of fused-ring (bicyclic) bond motifs is 1. The molecule has 0 bridgehead atoms. The molecule has 1 atom stereocenters. The van der Waals surface area contributed by atoms with Crippen LogP contribution in [0, 0.1) is 13.8 Å². The van der Waals surface area contributed by atoms with Gasteiger partial charge in [0.1, 0.15) is 0 Å². The van der Waals surface area contributed by atoms with E-state index < -0.39 is 5.25 Å². The molecule has 9 heteroatoms. The van der Waals surface area contributed by atoms with Crippen molar-refractivity contribution in [3.05, 3.63) is 86.4 Å². The van der Waals surface area contributed by atoms with Gasteiger partial charge in [0.05, 0.1) is 27.5 Å². The molecule has 0 saturated carbocycles. The Labute approximate surface area is 205 Å². The van der Waals surface area contributed by atoms with Gasteiger partial charge in [-0.25, -0.2) is 9.97 Å². The lowest BCUT2D eigenvalue weighted by Crippen LogP contribution is -2.26. The summed E-state index contributed by atoms with van der Waals surface area (Å²) in [5.41, 5.74) is 3.38. The number of nitrogens with zero attached hydrogens (tertiary/aromatic N) is 3. The van der Waals surface area contributed by atoms with Gasteiger partial charge in [0.25, 0.3) is 5.56 Å². The lowest BCUT2D eigenvalue weighted by molar-refractivity contribution is -0.115. The summed E-state index contributed by atoms with van der Waals surface area (Å²) in [5, 5.41) is 3.72. The van der Waals surface area contributed by atoms with Gasteiger partial charge in [0.2, 0.25) is 5.91 Å². The maximum absolute atomic E-state index is 13.6. The molecule has 168 valence electrons. The predicted octanol–water partition coefficient (Wildman–Crippen LogP) is 5.82. The molecule has 0 fully saturated rings. The van der Waals surface area contributed by atoms with E-state index in [0.29, 0.717) is 26.8 Å². The fourth-order valence-corrected chi connectivity index (χ4v) is 4.59. The van der Waals surface area contributed by atoms with Crippen LogP contribution in [0.15, 0.2) is 64.7 Å². The molecule has 0 aliphatic rings. The first-order valence-electron chi connectivity index (χ1n) is 10.1. The van der Waals surface area contributed by atoms with Crippen LogP contribution in [-0.2, 0) is 4.79 Å². The van der Waals surface area contributed by atoms with Crippen molar-refractivity contribution in [2.24, 2.45) is 0 Å². The number of hydrogen-bond acceptors (Lipinski definition) is 5. The Balaban J connectivity index is 1.80. The van der Waals surface area contributed by atoms with Crippen LogP contribution in [0.2, 0.25) is 10.2 Å². The van der Waals surface area contributed by atoms with Gasteiger partial charge in [0, 0.05) is 11.2 Å². The van der Waals surface area contributed by atoms with Crippen molar-refractivity contribution in [2.75, 3.05) is 5.32 Å². The van der Waals surface area contributed by atoms with Crippen LogP contribution in [-0.4, -0.2) is 25.7 Å². The summed E-state index contributed by atoms with van der Waals surface area (Å²) in [5.74, 6) is -0.289. The Morgan fingerprint density at radius 3 is 2.67 bits per heavy atom. The zero-order valence-corrected chi connectivity index (χ0v) is 20.4. The monoisotopic (exact) mass is 498 g/mol. The van der Waals surface area contributed by atoms with Gasteiger partial charge in [-0.15, -0.1) is 0 Å². The molecule has 2 aromatic carbocycles. The summed E-state index contributed by atoms with van der Waals surface area (Å²) in [6, 6.07) is 14.1. The molecule has 1 unspecified atom stereocenters. The summed E-state index contributed by atoms with van der Waals surface area (Å²) < 4.78 is 1.56. The first-order chi connectivity index (χ1) is 15.8. The Morgan fingerprint density at radius 2 is 1.91 bits per heavy atom. The first-order valence-corrected chi connectivity index (χ1v) is 11.8. The molecule has 4 aromatic rings. The maximum atomic E-state index is 13.6. The number of amides is 1. The second kappa shape index (κ2) is 9.55. The third-order valence-electron chi connectivity index (χ3n) is 5.29. The van der Waals surface area contributed by atoms with E-state index in [9.17, 15) is 9.59 Å². The van der Waals surface area contributed by atoms with Gasteiger partial charge in [-0.05, 0) is 68.3 Å². The van der Waals surface area contributed by atoms with Gasteiger partial charge in [-0.1, -0.05) is 47.1 Å². The highest BCUT2D eigenvalue weighted by atomic mass is 35.5. The van der Waals surface area contributed by atoms with Crippen molar-refractivity contribution in [1.29, 1.82) is 0 Å². The minimum Gasteiger partial charge on any atom is -0.322 e. The second-order valence-corrected chi connectivity index (χ2v) is 9.61. The predicted molar refractivity (Wildman–Crippen MR) is 135 cm³/mol. The van der Waals surface area contributed by atoms with E-state index in [2.05, 4.69) is 10.3 Å². The standard InChI is InChI=1S/C24H20Cl2N4O2S/c1-13-6-4-8-20(14(13)2)30-23(32)17-10-9-16(25)12-19(17)29-24(30)33-15(3)22(31)28-18-7-5-11-27-21(18)26/h4-12,15H,1-3H3,(H,28,31). The molecule has 1 amide bonds. The number of carbonyl (C=O) groups excluding carboxylic acids is 1. The Hall–Kier alpha value is -2.87. The number of hydrogen-bond donors (Lipinski definition) is 1. The van der Waals surface area contributed by atoms with Crippen LogP contribution in [0.25, 0.3) is 16.6 Å². The Bertz CT molecular complexity index is 1440. The van der Waals surface area contributed by atoms with Crippen LogP contribution in [0.3, 0.4) is 0 Å². The van der Waals surface area contributed by atoms with Gasteiger partial charge in [0.15, 0.2) is 10.3 Å². The van der Waals surface area contributed by atoms with Crippen molar-refractivity contribution >= 4 is 57.5 Å². The number of halogens is 2. The molecule has 0 aliphatic heterocycles. The molecule has 0 saturated heterocycles. The normalized spacial score (nSPS) is 12.0.